The highest BCUT2D eigenvalue weighted by Gasteiger charge is 2.09. The summed E-state index contributed by atoms with van der Waals surface area (Å²) in [6, 6.07) is 11.1. The van der Waals surface area contributed by atoms with Gasteiger partial charge in [0.2, 0.25) is 5.78 Å². The van der Waals surface area contributed by atoms with Crippen LogP contribution in [0.5, 0.6) is 5.75 Å². The Morgan fingerprint density at radius 2 is 2.18 bits per heavy atom. The van der Waals surface area contributed by atoms with Gasteiger partial charge in [-0.2, -0.15) is 0 Å². The molecule has 2 aromatic rings. The topological polar surface area (TPSA) is 39.4 Å². The van der Waals surface area contributed by atoms with E-state index in [1.807, 2.05) is 24.3 Å². The van der Waals surface area contributed by atoms with Crippen molar-refractivity contribution in [2.24, 2.45) is 0 Å². The Balaban J connectivity index is 1.95. The molecule has 0 aliphatic rings. The van der Waals surface area contributed by atoms with Crippen LogP contribution in [0.15, 0.2) is 47.1 Å². The molecule has 0 amide bonds. The Bertz CT molecular complexity index is 486. The molecule has 0 aliphatic carbocycles. The van der Waals surface area contributed by atoms with Crippen molar-refractivity contribution in [3.63, 3.8) is 0 Å². The fourth-order valence-electron chi connectivity index (χ4n) is 1.51. The normalized spacial score (nSPS) is 10.2. The van der Waals surface area contributed by atoms with Gasteiger partial charge in [0.15, 0.2) is 12.4 Å². The highest BCUT2D eigenvalue weighted by atomic mass is 16.5. The largest absolute Gasteiger partial charge is 0.485 e. The van der Waals surface area contributed by atoms with E-state index in [4.69, 9.17) is 9.15 Å². The van der Waals surface area contributed by atoms with Gasteiger partial charge in [-0.15, -0.1) is 0 Å². The minimum Gasteiger partial charge on any atom is -0.485 e. The van der Waals surface area contributed by atoms with E-state index in [-0.39, 0.29) is 12.4 Å². The number of rotatable bonds is 5. The van der Waals surface area contributed by atoms with E-state index < -0.39 is 0 Å². The van der Waals surface area contributed by atoms with Crippen LogP contribution in [-0.4, -0.2) is 12.4 Å². The summed E-state index contributed by atoms with van der Waals surface area (Å²) in [4.78, 5) is 11.6. The number of furan rings is 1. The van der Waals surface area contributed by atoms with E-state index >= 15 is 0 Å². The Hall–Kier alpha value is -2.03. The number of ether oxygens (including phenoxy) is 1. The molecule has 3 heteroatoms. The third-order valence-electron chi connectivity index (χ3n) is 2.47. The quantitative estimate of drug-likeness (QED) is 0.741. The maximum atomic E-state index is 11.6. The van der Waals surface area contributed by atoms with E-state index in [2.05, 4.69) is 6.92 Å². The first-order valence-electron chi connectivity index (χ1n) is 5.58. The lowest BCUT2D eigenvalue weighted by Crippen LogP contribution is -2.10. The minimum atomic E-state index is -0.156. The second kappa shape index (κ2) is 5.34. The van der Waals surface area contributed by atoms with Crippen LogP contribution in [0, 0.1) is 0 Å². The Morgan fingerprint density at radius 1 is 1.29 bits per heavy atom. The fraction of sp³-hybridized carbons (Fsp3) is 0.214. The molecule has 88 valence electrons. The van der Waals surface area contributed by atoms with E-state index in [0.717, 1.165) is 6.42 Å². The summed E-state index contributed by atoms with van der Waals surface area (Å²) < 4.78 is 10.4. The molecule has 0 saturated heterocycles. The Morgan fingerprint density at radius 3 is 2.88 bits per heavy atom. The monoisotopic (exact) mass is 230 g/mol. The molecule has 0 saturated carbocycles. The first-order valence-corrected chi connectivity index (χ1v) is 5.58. The predicted octanol–water partition coefficient (Wildman–Crippen LogP) is 3.10. The second-order valence-corrected chi connectivity index (χ2v) is 3.69. The average molecular weight is 230 g/mol. The van der Waals surface area contributed by atoms with Crippen molar-refractivity contribution < 1.29 is 13.9 Å². The SMILES string of the molecule is CCc1cccc(OCC(=O)c2ccco2)c1. The van der Waals surface area contributed by atoms with Crippen LogP contribution in [-0.2, 0) is 6.42 Å². The van der Waals surface area contributed by atoms with Gasteiger partial charge in [0, 0.05) is 0 Å². The molecular formula is C14H14O3. The lowest BCUT2D eigenvalue weighted by atomic mass is 10.2. The third kappa shape index (κ3) is 2.97. The van der Waals surface area contributed by atoms with Crippen LogP contribution in [0.3, 0.4) is 0 Å². The summed E-state index contributed by atoms with van der Waals surface area (Å²) in [5, 5.41) is 0. The van der Waals surface area contributed by atoms with Crippen molar-refractivity contribution in [3.8, 4) is 5.75 Å². The molecular weight excluding hydrogens is 216 g/mol. The molecule has 1 aromatic carbocycles. The van der Waals surface area contributed by atoms with Gasteiger partial charge in [-0.1, -0.05) is 19.1 Å². The van der Waals surface area contributed by atoms with Gasteiger partial charge >= 0.3 is 0 Å². The third-order valence-corrected chi connectivity index (χ3v) is 2.47. The van der Waals surface area contributed by atoms with Crippen LogP contribution in [0.1, 0.15) is 23.0 Å². The lowest BCUT2D eigenvalue weighted by Gasteiger charge is -2.05. The molecule has 0 aliphatic heterocycles. The molecule has 0 fully saturated rings. The molecule has 1 heterocycles. The summed E-state index contributed by atoms with van der Waals surface area (Å²) in [7, 11) is 0. The zero-order chi connectivity index (χ0) is 12.1. The van der Waals surface area contributed by atoms with Crippen LogP contribution in [0.25, 0.3) is 0 Å². The number of hydrogen-bond acceptors (Lipinski definition) is 3. The van der Waals surface area contributed by atoms with Gasteiger partial charge in [-0.3, -0.25) is 4.79 Å². The first kappa shape index (κ1) is 11.5. The van der Waals surface area contributed by atoms with E-state index in [1.165, 1.54) is 11.8 Å². The van der Waals surface area contributed by atoms with Crippen molar-refractivity contribution >= 4 is 5.78 Å². The predicted molar refractivity (Wildman–Crippen MR) is 64.4 cm³/mol. The second-order valence-electron chi connectivity index (χ2n) is 3.69. The smallest absolute Gasteiger partial charge is 0.235 e. The fourth-order valence-corrected chi connectivity index (χ4v) is 1.51. The maximum Gasteiger partial charge on any atom is 0.235 e. The van der Waals surface area contributed by atoms with Gasteiger partial charge in [0.1, 0.15) is 5.75 Å². The zero-order valence-corrected chi connectivity index (χ0v) is 9.68. The average Bonchev–Trinajstić information content (AvgIpc) is 2.90. The summed E-state index contributed by atoms with van der Waals surface area (Å²) in [6.07, 6.45) is 2.42. The molecule has 0 radical (unpaired) electrons. The standard InChI is InChI=1S/C14H14O3/c1-2-11-5-3-6-12(9-11)17-10-13(15)14-7-4-8-16-14/h3-9H,2,10H2,1H3. The van der Waals surface area contributed by atoms with Crippen LogP contribution >= 0.6 is 0 Å². The Kier molecular flexibility index (Phi) is 3.60. The van der Waals surface area contributed by atoms with Crippen LogP contribution in [0.2, 0.25) is 0 Å². The number of carbonyl (C=O) groups is 1. The highest BCUT2D eigenvalue weighted by molar-refractivity contribution is 5.94. The number of Topliss-reactive ketones (excluding diaryl/α,β-unsaturated/α-hetero) is 1. The van der Waals surface area contributed by atoms with Gasteiger partial charge in [-0.05, 0) is 36.2 Å². The molecule has 0 atom stereocenters. The van der Waals surface area contributed by atoms with E-state index in [9.17, 15) is 4.79 Å². The van der Waals surface area contributed by atoms with Gasteiger partial charge in [0.25, 0.3) is 0 Å². The van der Waals surface area contributed by atoms with Gasteiger partial charge < -0.3 is 9.15 Å². The molecule has 17 heavy (non-hydrogen) atoms. The molecule has 0 spiro atoms. The minimum absolute atomic E-state index is 0.000676. The van der Waals surface area contributed by atoms with Gasteiger partial charge in [-0.25, -0.2) is 0 Å². The van der Waals surface area contributed by atoms with Crippen molar-refractivity contribution in [1.82, 2.24) is 0 Å². The van der Waals surface area contributed by atoms with Crippen molar-refractivity contribution in [3.05, 3.63) is 54.0 Å². The number of hydrogen-bond donors (Lipinski definition) is 0. The molecule has 1 aromatic heterocycles. The summed E-state index contributed by atoms with van der Waals surface area (Å²) in [5.74, 6) is 0.887. The van der Waals surface area contributed by atoms with Gasteiger partial charge in [0.05, 0.1) is 6.26 Å². The van der Waals surface area contributed by atoms with Crippen molar-refractivity contribution in [2.45, 2.75) is 13.3 Å². The summed E-state index contributed by atoms with van der Waals surface area (Å²) in [5.41, 5.74) is 1.19. The first-order chi connectivity index (χ1) is 8.29. The van der Waals surface area contributed by atoms with E-state index in [1.54, 1.807) is 12.1 Å². The van der Waals surface area contributed by atoms with Crippen molar-refractivity contribution in [2.75, 3.05) is 6.61 Å². The number of ketones is 1. The highest BCUT2D eigenvalue weighted by Crippen LogP contribution is 2.14. The molecule has 0 unspecified atom stereocenters. The van der Waals surface area contributed by atoms with Crippen LogP contribution < -0.4 is 4.74 Å². The summed E-state index contributed by atoms with van der Waals surface area (Å²) >= 11 is 0. The number of aryl methyl sites for hydroxylation is 1. The maximum absolute atomic E-state index is 11.6. The summed E-state index contributed by atoms with van der Waals surface area (Å²) in [6.45, 7) is 2.08. The van der Waals surface area contributed by atoms with E-state index in [0.29, 0.717) is 11.5 Å². The van der Waals surface area contributed by atoms with Crippen molar-refractivity contribution in [1.29, 1.82) is 0 Å². The lowest BCUT2D eigenvalue weighted by molar-refractivity contribution is 0.0893. The molecule has 0 N–H and O–H groups in total. The number of carbonyl (C=O) groups excluding carboxylic acids is 1. The Labute approximate surface area is 100 Å². The number of benzene rings is 1. The zero-order valence-electron chi connectivity index (χ0n) is 9.68. The van der Waals surface area contributed by atoms with Crippen LogP contribution in [0.4, 0.5) is 0 Å². The molecule has 0 bridgehead atoms. The molecule has 2 rings (SSSR count). The molecule has 3 nitrogen and oxygen atoms in total.